The summed E-state index contributed by atoms with van der Waals surface area (Å²) in [4.78, 5) is 68.9. The zero-order valence-electron chi connectivity index (χ0n) is 23.8. The topological polar surface area (TPSA) is 150 Å². The number of aryl methyl sites for hydroxylation is 1. The summed E-state index contributed by atoms with van der Waals surface area (Å²) in [5, 5.41) is 11.2. The third-order valence-corrected chi connectivity index (χ3v) is 9.84. The number of benzene rings is 3. The number of imide groups is 4. The van der Waals surface area contributed by atoms with Crippen molar-refractivity contribution in [2.75, 3.05) is 5.43 Å². The second kappa shape index (κ2) is 9.90. The predicted molar refractivity (Wildman–Crippen MR) is 158 cm³/mol. The van der Waals surface area contributed by atoms with Crippen molar-refractivity contribution in [3.8, 4) is 5.75 Å². The van der Waals surface area contributed by atoms with E-state index >= 15 is 0 Å². The summed E-state index contributed by atoms with van der Waals surface area (Å²) in [6.45, 7) is 1.94. The number of phenols is 1. The summed E-state index contributed by atoms with van der Waals surface area (Å²) in [5.74, 6) is -6.10. The molecule has 4 aliphatic rings. The number of hydrazine groups is 1. The summed E-state index contributed by atoms with van der Waals surface area (Å²) < 4.78 is 0. The van der Waals surface area contributed by atoms with Gasteiger partial charge in [-0.05, 0) is 61.1 Å². The van der Waals surface area contributed by atoms with Crippen LogP contribution in [0.1, 0.15) is 35.4 Å². The largest absolute Gasteiger partial charge is 0.508 e. The van der Waals surface area contributed by atoms with Gasteiger partial charge in [0, 0.05) is 5.92 Å². The maximum absolute atomic E-state index is 14.9. The Kier molecular flexibility index (Phi) is 6.21. The third kappa shape index (κ3) is 3.76. The monoisotopic (exact) mass is 590 g/mol. The highest BCUT2D eigenvalue weighted by Gasteiger charge is 2.70. The van der Waals surface area contributed by atoms with Crippen LogP contribution < -0.4 is 11.2 Å². The molecule has 3 aromatic rings. The number of hydrogen-bond donors (Lipinski definition) is 3. The van der Waals surface area contributed by atoms with Crippen molar-refractivity contribution in [2.45, 2.75) is 31.1 Å². The SMILES string of the molecule is Cc1ccc(NN2C(=O)[C@@H]3C[C@@H]4C(=CC[C@@H]5C(=O)N(C(N)=O)C(=O)[C@@H]54)[C@H](c4ccc(O)cc4)[C@]3(c3ccccc3)C2=O)cc1. The van der Waals surface area contributed by atoms with Crippen LogP contribution in [0.15, 0.2) is 90.5 Å². The first-order chi connectivity index (χ1) is 21.1. The molecule has 1 saturated carbocycles. The van der Waals surface area contributed by atoms with Crippen LogP contribution in [0.3, 0.4) is 0 Å². The van der Waals surface area contributed by atoms with E-state index in [1.807, 2.05) is 55.5 Å². The van der Waals surface area contributed by atoms with Gasteiger partial charge in [-0.25, -0.2) is 4.79 Å². The first-order valence-corrected chi connectivity index (χ1v) is 14.6. The number of nitrogens with one attached hydrogen (secondary N) is 1. The van der Waals surface area contributed by atoms with E-state index in [9.17, 15) is 29.1 Å². The molecule has 0 spiro atoms. The minimum atomic E-state index is -1.41. The Bertz CT molecular complexity index is 1750. The molecule has 3 fully saturated rings. The fourth-order valence-corrected chi connectivity index (χ4v) is 8.01. The molecule has 6 atom stereocenters. The van der Waals surface area contributed by atoms with Crippen molar-refractivity contribution < 1.29 is 29.1 Å². The average Bonchev–Trinajstić information content (AvgIpc) is 3.40. The number of phenolic OH excluding ortho intramolecular Hbond substituents is 1. The maximum Gasteiger partial charge on any atom is 0.328 e. The van der Waals surface area contributed by atoms with Gasteiger partial charge >= 0.3 is 6.03 Å². The summed E-state index contributed by atoms with van der Waals surface area (Å²) in [5.41, 5.74) is 10.7. The number of anilines is 1. The normalized spacial score (nSPS) is 29.2. The smallest absolute Gasteiger partial charge is 0.328 e. The van der Waals surface area contributed by atoms with E-state index in [-0.39, 0.29) is 18.6 Å². The molecule has 3 aromatic carbocycles. The minimum Gasteiger partial charge on any atom is -0.508 e. The van der Waals surface area contributed by atoms with Gasteiger partial charge in [-0.2, -0.15) is 9.91 Å². The number of rotatable bonds is 4. The highest BCUT2D eigenvalue weighted by Crippen LogP contribution is 2.64. The van der Waals surface area contributed by atoms with Gasteiger partial charge in [0.2, 0.25) is 11.8 Å². The van der Waals surface area contributed by atoms with Gasteiger partial charge in [-0.3, -0.25) is 24.6 Å². The Morgan fingerprint density at radius 2 is 1.57 bits per heavy atom. The average molecular weight is 591 g/mol. The maximum atomic E-state index is 14.9. The van der Waals surface area contributed by atoms with E-state index in [2.05, 4.69) is 5.43 Å². The fourth-order valence-electron chi connectivity index (χ4n) is 8.01. The van der Waals surface area contributed by atoms with E-state index < -0.39 is 64.7 Å². The molecule has 10 heteroatoms. The van der Waals surface area contributed by atoms with E-state index in [1.54, 1.807) is 24.3 Å². The summed E-state index contributed by atoms with van der Waals surface area (Å²) in [6, 6.07) is 21.9. The third-order valence-electron chi connectivity index (χ3n) is 9.84. The number of allylic oxidation sites excluding steroid dienone is 2. The highest BCUT2D eigenvalue weighted by molar-refractivity contribution is 6.17. The van der Waals surface area contributed by atoms with Gasteiger partial charge in [0.25, 0.3) is 11.8 Å². The van der Waals surface area contributed by atoms with Gasteiger partial charge in [-0.15, -0.1) is 0 Å². The zero-order valence-corrected chi connectivity index (χ0v) is 23.8. The molecule has 0 radical (unpaired) electrons. The lowest BCUT2D eigenvalue weighted by Crippen LogP contribution is -2.53. The summed E-state index contributed by atoms with van der Waals surface area (Å²) in [6.07, 6.45) is 2.19. The molecule has 4 N–H and O–H groups in total. The Balaban J connectivity index is 1.44. The van der Waals surface area contributed by atoms with Crippen LogP contribution in [0.25, 0.3) is 0 Å². The molecule has 2 saturated heterocycles. The number of hydrogen-bond acceptors (Lipinski definition) is 7. The van der Waals surface area contributed by atoms with Crippen LogP contribution in [0, 0.1) is 30.6 Å². The Labute approximate surface area is 253 Å². The molecule has 2 heterocycles. The summed E-state index contributed by atoms with van der Waals surface area (Å²) in [7, 11) is 0. The van der Waals surface area contributed by atoms with Gasteiger partial charge in [0.1, 0.15) is 5.75 Å². The number of amides is 6. The van der Waals surface area contributed by atoms with E-state index in [0.717, 1.165) is 16.1 Å². The van der Waals surface area contributed by atoms with Gasteiger partial charge in [0.15, 0.2) is 0 Å². The van der Waals surface area contributed by atoms with Crippen LogP contribution in [-0.2, 0) is 24.6 Å². The van der Waals surface area contributed by atoms with Crippen LogP contribution in [0.4, 0.5) is 10.5 Å². The van der Waals surface area contributed by atoms with E-state index in [1.165, 1.54) is 12.1 Å². The molecule has 7 rings (SSSR count). The number of urea groups is 1. The molecule has 2 aliphatic carbocycles. The number of carbonyl (C=O) groups is 5. The lowest BCUT2D eigenvalue weighted by atomic mass is 9.49. The second-order valence-corrected chi connectivity index (χ2v) is 12.0. The molecule has 0 aromatic heterocycles. The molecule has 10 nitrogen and oxygen atoms in total. The molecule has 2 aliphatic heterocycles. The van der Waals surface area contributed by atoms with Gasteiger partial charge < -0.3 is 10.8 Å². The number of fused-ring (bicyclic) bond motifs is 4. The van der Waals surface area contributed by atoms with Crippen molar-refractivity contribution >= 4 is 35.3 Å². The van der Waals surface area contributed by atoms with Crippen molar-refractivity contribution in [3.63, 3.8) is 0 Å². The summed E-state index contributed by atoms with van der Waals surface area (Å²) >= 11 is 0. The number of likely N-dealkylation sites (tertiary alicyclic amines) is 1. The predicted octanol–water partition coefficient (Wildman–Crippen LogP) is 3.76. The van der Waals surface area contributed by atoms with Crippen molar-refractivity contribution in [1.29, 1.82) is 0 Å². The second-order valence-electron chi connectivity index (χ2n) is 12.0. The molecular weight excluding hydrogens is 560 g/mol. The lowest BCUT2D eigenvalue weighted by Gasteiger charge is -2.50. The fraction of sp³-hybridized carbons (Fsp3) is 0.265. The van der Waals surface area contributed by atoms with Crippen molar-refractivity contribution in [2.24, 2.45) is 29.4 Å². The number of primary amides is 1. The van der Waals surface area contributed by atoms with Gasteiger partial charge in [-0.1, -0.05) is 71.8 Å². The Morgan fingerprint density at radius 1 is 0.886 bits per heavy atom. The number of nitrogens with two attached hydrogens (primary N) is 1. The molecule has 44 heavy (non-hydrogen) atoms. The number of aromatic hydroxyl groups is 1. The molecule has 222 valence electrons. The minimum absolute atomic E-state index is 0.0364. The van der Waals surface area contributed by atoms with Crippen LogP contribution in [0.5, 0.6) is 5.75 Å². The lowest BCUT2D eigenvalue weighted by molar-refractivity contribution is -0.139. The van der Waals surface area contributed by atoms with Crippen molar-refractivity contribution in [1.82, 2.24) is 9.91 Å². The first kappa shape index (κ1) is 27.6. The number of carbonyl (C=O) groups excluding carboxylic acids is 5. The zero-order chi connectivity index (χ0) is 30.9. The van der Waals surface area contributed by atoms with Crippen LogP contribution >= 0.6 is 0 Å². The van der Waals surface area contributed by atoms with Crippen LogP contribution in [-0.4, -0.2) is 44.7 Å². The van der Waals surface area contributed by atoms with Crippen LogP contribution in [0.2, 0.25) is 0 Å². The first-order valence-electron chi connectivity index (χ1n) is 14.6. The van der Waals surface area contributed by atoms with E-state index in [4.69, 9.17) is 5.73 Å². The molecular formula is C34H30N4O6. The quantitative estimate of drug-likeness (QED) is 0.309. The standard InChI is InChI=1S/C34H30N4O6/c1-18-7-11-21(12-8-18)36-38-30(41)26-17-25-23(15-16-24-27(25)31(42)37(29(24)40)33(35)44)28(19-9-13-22(39)14-10-19)34(26,32(38)43)20-5-3-2-4-6-20/h2-15,24-28,36,39H,16-17H2,1H3,(H2,35,44)/t24-,25+,26-,27-,28-,34+/m0/s1. The Hall–Kier alpha value is -5.25. The molecule has 0 unspecified atom stereocenters. The molecule has 6 amide bonds. The van der Waals surface area contributed by atoms with Crippen molar-refractivity contribution in [3.05, 3.63) is 107 Å². The van der Waals surface area contributed by atoms with E-state index in [0.29, 0.717) is 21.7 Å². The highest BCUT2D eigenvalue weighted by atomic mass is 16.3. The number of nitrogens with zero attached hydrogens (tertiary/aromatic N) is 2. The molecule has 0 bridgehead atoms. The Morgan fingerprint density at radius 3 is 2.23 bits per heavy atom. The van der Waals surface area contributed by atoms with Gasteiger partial charge in [0.05, 0.1) is 28.9 Å².